The van der Waals surface area contributed by atoms with Crippen LogP contribution in [0.3, 0.4) is 0 Å². The molecule has 1 aliphatic rings. The SMILES string of the molecule is CN1CCN(S(=O)(=O)c2ccc(Oc3ccc(BOC(C)(C)C(C)(C)P)c(C=O)c3)cc2)CC1. The summed E-state index contributed by atoms with van der Waals surface area (Å²) in [6, 6.07) is 11.6. The van der Waals surface area contributed by atoms with E-state index in [9.17, 15) is 13.2 Å². The lowest BCUT2D eigenvalue weighted by atomic mass is 9.81. The fourth-order valence-electron chi connectivity index (χ4n) is 3.32. The predicted molar refractivity (Wildman–Crippen MR) is 140 cm³/mol. The van der Waals surface area contributed by atoms with Gasteiger partial charge in [0.05, 0.1) is 10.5 Å². The highest BCUT2D eigenvalue weighted by atomic mass is 32.2. The number of sulfonamides is 1. The van der Waals surface area contributed by atoms with E-state index in [4.69, 9.17) is 9.39 Å². The fraction of sp³-hybridized carbons (Fsp3) is 0.458. The Morgan fingerprint density at radius 3 is 2.12 bits per heavy atom. The van der Waals surface area contributed by atoms with Gasteiger partial charge in [-0.05, 0) is 62.8 Å². The smallest absolute Gasteiger partial charge is 0.310 e. The lowest BCUT2D eigenvalue weighted by Gasteiger charge is -2.39. The number of rotatable bonds is 9. The summed E-state index contributed by atoms with van der Waals surface area (Å²) in [6.07, 6.45) is 0.788. The highest BCUT2D eigenvalue weighted by molar-refractivity contribution is 7.89. The number of carbonyl (C=O) groups excluding carboxylic acids is 1. The van der Waals surface area contributed by atoms with Crippen LogP contribution < -0.4 is 10.2 Å². The van der Waals surface area contributed by atoms with Crippen molar-refractivity contribution in [2.75, 3.05) is 33.2 Å². The van der Waals surface area contributed by atoms with Crippen LogP contribution in [0.2, 0.25) is 0 Å². The molecule has 1 aliphatic heterocycles. The number of nitrogens with zero attached hydrogens (tertiary/aromatic N) is 2. The van der Waals surface area contributed by atoms with Crippen molar-refractivity contribution in [1.82, 2.24) is 9.21 Å². The summed E-state index contributed by atoms with van der Waals surface area (Å²) in [4.78, 5) is 14.0. The zero-order valence-corrected chi connectivity index (χ0v) is 22.5. The first-order valence-electron chi connectivity index (χ1n) is 11.3. The Morgan fingerprint density at radius 2 is 1.56 bits per heavy atom. The van der Waals surface area contributed by atoms with Gasteiger partial charge in [-0.2, -0.15) is 4.31 Å². The van der Waals surface area contributed by atoms with Gasteiger partial charge in [0.1, 0.15) is 17.8 Å². The third-order valence-electron chi connectivity index (χ3n) is 6.54. The van der Waals surface area contributed by atoms with E-state index in [0.29, 0.717) is 50.7 Å². The first-order valence-corrected chi connectivity index (χ1v) is 13.3. The molecule has 1 saturated heterocycles. The molecule has 184 valence electrons. The number of ether oxygens (including phenoxy) is 1. The molecule has 1 atom stereocenters. The Hall–Kier alpha value is -1.77. The van der Waals surface area contributed by atoms with Gasteiger partial charge in [0.15, 0.2) is 0 Å². The summed E-state index contributed by atoms with van der Waals surface area (Å²) in [6.45, 7) is 10.6. The first-order chi connectivity index (χ1) is 15.8. The normalized spacial score (nSPS) is 16.3. The molecule has 10 heteroatoms. The second-order valence-corrected chi connectivity index (χ2v) is 13.2. The van der Waals surface area contributed by atoms with Gasteiger partial charge in [0, 0.05) is 36.9 Å². The molecule has 1 heterocycles. The van der Waals surface area contributed by atoms with E-state index < -0.39 is 15.6 Å². The van der Waals surface area contributed by atoms with Gasteiger partial charge in [0.2, 0.25) is 10.0 Å². The second-order valence-electron chi connectivity index (χ2n) is 9.78. The van der Waals surface area contributed by atoms with Crippen LogP contribution in [0.4, 0.5) is 0 Å². The van der Waals surface area contributed by atoms with E-state index in [0.717, 1.165) is 11.7 Å². The van der Waals surface area contributed by atoms with E-state index in [1.54, 1.807) is 36.4 Å². The Kier molecular flexibility index (Phi) is 8.26. The molecule has 0 saturated carbocycles. The van der Waals surface area contributed by atoms with Crippen LogP contribution in [0.15, 0.2) is 47.4 Å². The number of benzene rings is 2. The Balaban J connectivity index is 1.69. The topological polar surface area (TPSA) is 76.2 Å². The Labute approximate surface area is 206 Å². The quantitative estimate of drug-likeness (QED) is 0.297. The molecule has 2 aromatic carbocycles. The van der Waals surface area contributed by atoms with Crippen molar-refractivity contribution >= 4 is 38.5 Å². The van der Waals surface area contributed by atoms with Crippen LogP contribution in [-0.4, -0.2) is 75.4 Å². The summed E-state index contributed by atoms with van der Waals surface area (Å²) in [7, 11) is 1.55. The lowest BCUT2D eigenvalue weighted by Crippen LogP contribution is -2.46. The second kappa shape index (κ2) is 10.5. The highest BCUT2D eigenvalue weighted by Gasteiger charge is 2.34. The molecule has 0 aliphatic carbocycles. The number of likely N-dealkylation sites (N-methyl/N-ethyl adjacent to an activating group) is 1. The number of hydrogen-bond donors (Lipinski definition) is 0. The fourth-order valence-corrected chi connectivity index (χ4v) is 4.82. The summed E-state index contributed by atoms with van der Waals surface area (Å²) < 4.78 is 39.3. The van der Waals surface area contributed by atoms with Crippen molar-refractivity contribution in [2.45, 2.75) is 43.3 Å². The van der Waals surface area contributed by atoms with Gasteiger partial charge >= 0.3 is 7.48 Å². The molecule has 0 bridgehead atoms. The van der Waals surface area contributed by atoms with Crippen LogP contribution in [-0.2, 0) is 14.7 Å². The van der Waals surface area contributed by atoms with Gasteiger partial charge < -0.3 is 14.3 Å². The summed E-state index contributed by atoms with van der Waals surface area (Å²) in [5.74, 6) is 0.982. The van der Waals surface area contributed by atoms with E-state index >= 15 is 0 Å². The summed E-state index contributed by atoms with van der Waals surface area (Å²) in [5, 5.41) is -0.138. The van der Waals surface area contributed by atoms with Gasteiger partial charge in [-0.15, -0.1) is 9.24 Å². The van der Waals surface area contributed by atoms with Gasteiger partial charge in [0.25, 0.3) is 0 Å². The van der Waals surface area contributed by atoms with Crippen molar-refractivity contribution in [3.63, 3.8) is 0 Å². The maximum Gasteiger partial charge on any atom is 0.310 e. The van der Waals surface area contributed by atoms with Crippen LogP contribution >= 0.6 is 9.24 Å². The molecular weight excluding hydrogens is 470 g/mol. The minimum Gasteiger partial charge on any atom is -0.457 e. The van der Waals surface area contributed by atoms with E-state index in [2.05, 4.69) is 28.0 Å². The predicted octanol–water partition coefficient (Wildman–Crippen LogP) is 2.65. The van der Waals surface area contributed by atoms with Gasteiger partial charge in [-0.1, -0.05) is 19.9 Å². The number of hydrogen-bond acceptors (Lipinski definition) is 6. The third kappa shape index (κ3) is 6.26. The van der Waals surface area contributed by atoms with E-state index in [1.807, 2.05) is 27.0 Å². The molecule has 7 nitrogen and oxygen atoms in total. The van der Waals surface area contributed by atoms with E-state index in [-0.39, 0.29) is 10.1 Å². The average Bonchev–Trinajstić information content (AvgIpc) is 2.78. The molecule has 0 radical (unpaired) electrons. The van der Waals surface area contributed by atoms with Gasteiger partial charge in [-0.25, -0.2) is 8.42 Å². The maximum absolute atomic E-state index is 12.9. The van der Waals surface area contributed by atoms with Gasteiger partial charge in [-0.3, -0.25) is 4.79 Å². The monoisotopic (exact) mass is 504 g/mol. The summed E-state index contributed by atoms with van der Waals surface area (Å²) in [5.41, 5.74) is 0.863. The largest absolute Gasteiger partial charge is 0.457 e. The van der Waals surface area contributed by atoms with Crippen molar-refractivity contribution in [2.24, 2.45) is 0 Å². The molecular formula is C24H34BN2O5PS. The highest BCUT2D eigenvalue weighted by Crippen LogP contribution is 2.33. The maximum atomic E-state index is 12.9. The number of carbonyl (C=O) groups is 1. The molecule has 0 N–H and O–H groups in total. The number of aldehydes is 1. The minimum absolute atomic E-state index is 0.138. The van der Waals surface area contributed by atoms with Crippen molar-refractivity contribution in [1.29, 1.82) is 0 Å². The lowest BCUT2D eigenvalue weighted by molar-refractivity contribution is 0.0840. The standard InChI is InChI=1S/C24H34BN2O5PS/c1-23(2,24(3,4)33)32-25-22-11-8-20(16-18(22)17-28)31-19-6-9-21(10-7-19)34(29,30)27-14-12-26(5)13-15-27/h6-11,16-17,25H,12-15,33H2,1-5H3. The molecule has 34 heavy (non-hydrogen) atoms. The molecule has 3 rings (SSSR count). The summed E-state index contributed by atoms with van der Waals surface area (Å²) >= 11 is 0. The zero-order valence-electron chi connectivity index (χ0n) is 20.6. The van der Waals surface area contributed by atoms with E-state index in [1.165, 1.54) is 4.31 Å². The average molecular weight is 504 g/mol. The Bertz CT molecular complexity index is 1110. The molecule has 1 fully saturated rings. The zero-order chi connectivity index (χ0) is 25.1. The van der Waals surface area contributed by atoms with Crippen LogP contribution in [0.25, 0.3) is 0 Å². The van der Waals surface area contributed by atoms with Crippen molar-refractivity contribution < 1.29 is 22.6 Å². The van der Waals surface area contributed by atoms with Crippen molar-refractivity contribution in [3.8, 4) is 11.5 Å². The third-order valence-corrected chi connectivity index (χ3v) is 9.15. The Morgan fingerprint density at radius 1 is 0.971 bits per heavy atom. The minimum atomic E-state index is -3.53. The molecule has 1 unspecified atom stereocenters. The number of piperazine rings is 1. The molecule has 0 spiro atoms. The van der Waals surface area contributed by atoms with Crippen LogP contribution in [0.5, 0.6) is 11.5 Å². The molecule has 0 aromatic heterocycles. The van der Waals surface area contributed by atoms with Crippen molar-refractivity contribution in [3.05, 3.63) is 48.0 Å². The molecule has 2 aromatic rings. The van der Waals surface area contributed by atoms with Crippen LogP contribution in [0, 0.1) is 0 Å². The first kappa shape index (κ1) is 26.8. The molecule has 0 amide bonds. The van der Waals surface area contributed by atoms with Crippen LogP contribution in [0.1, 0.15) is 38.1 Å².